The molecule has 2 aromatic carbocycles. The Morgan fingerprint density at radius 3 is 2.71 bits per heavy atom. The molecule has 0 fully saturated rings. The highest BCUT2D eigenvalue weighted by atomic mass is 32.1. The van der Waals surface area contributed by atoms with E-state index in [2.05, 4.69) is 27.5 Å². The molecule has 1 atom stereocenters. The predicted molar refractivity (Wildman–Crippen MR) is 125 cm³/mol. The van der Waals surface area contributed by atoms with Crippen LogP contribution in [0.15, 0.2) is 42.5 Å². The van der Waals surface area contributed by atoms with Crippen molar-refractivity contribution in [3.8, 4) is 22.3 Å². The first-order valence-electron chi connectivity index (χ1n) is 10.4. The van der Waals surface area contributed by atoms with E-state index in [9.17, 15) is 18.0 Å². The third-order valence-electron chi connectivity index (χ3n) is 5.20. The van der Waals surface area contributed by atoms with Crippen LogP contribution < -0.4 is 16.4 Å². The van der Waals surface area contributed by atoms with Gasteiger partial charge < -0.3 is 21.5 Å². The summed E-state index contributed by atoms with van der Waals surface area (Å²) < 4.78 is 38.2. The molecule has 0 saturated heterocycles. The summed E-state index contributed by atoms with van der Waals surface area (Å²) in [6, 6.07) is 10.2. The minimum Gasteiger partial charge on any atom is -0.384 e. The van der Waals surface area contributed by atoms with Crippen molar-refractivity contribution in [2.45, 2.75) is 25.1 Å². The number of hydrogen-bond acceptors (Lipinski definition) is 6. The zero-order valence-electron chi connectivity index (χ0n) is 17.9. The molecule has 4 rings (SSSR count). The maximum atomic E-state index is 12.7. The van der Waals surface area contributed by atoms with E-state index in [0.717, 1.165) is 33.8 Å². The third kappa shape index (κ3) is 5.56. The van der Waals surface area contributed by atoms with Gasteiger partial charge in [-0.05, 0) is 53.3 Å². The molecule has 6 nitrogen and oxygen atoms in total. The summed E-state index contributed by atoms with van der Waals surface area (Å²) >= 11 is 1.37. The number of aromatic nitrogens is 1. The van der Waals surface area contributed by atoms with Crippen LogP contribution in [0, 0.1) is 11.8 Å². The number of carbonyl (C=O) groups is 1. The molecule has 34 heavy (non-hydrogen) atoms. The topological polar surface area (TPSA) is 100 Å². The van der Waals surface area contributed by atoms with Crippen LogP contribution in [-0.2, 0) is 23.8 Å². The molecular weight excluding hydrogens is 465 g/mol. The number of nitrogens with one attached hydrogen (secondary N) is 2. The van der Waals surface area contributed by atoms with Crippen LogP contribution in [0.1, 0.15) is 22.4 Å². The maximum absolute atomic E-state index is 12.7. The van der Waals surface area contributed by atoms with Gasteiger partial charge in [0.05, 0.1) is 16.9 Å². The van der Waals surface area contributed by atoms with Crippen molar-refractivity contribution in [1.29, 1.82) is 0 Å². The molecule has 0 spiro atoms. The van der Waals surface area contributed by atoms with E-state index < -0.39 is 11.7 Å². The molecule has 0 aliphatic carbocycles. The second-order valence-corrected chi connectivity index (χ2v) is 8.79. The predicted octanol–water partition coefficient (Wildman–Crippen LogP) is 3.65. The van der Waals surface area contributed by atoms with Gasteiger partial charge in [-0.2, -0.15) is 13.2 Å². The number of nitrogens with two attached hydrogens (primary N) is 1. The van der Waals surface area contributed by atoms with E-state index in [1.165, 1.54) is 23.5 Å². The highest BCUT2D eigenvalue weighted by molar-refractivity contribution is 7.19. The molecule has 5 N–H and O–H groups in total. The second kappa shape index (κ2) is 9.85. The minimum absolute atomic E-state index is 0.0545. The van der Waals surface area contributed by atoms with E-state index in [4.69, 9.17) is 10.8 Å². The maximum Gasteiger partial charge on any atom is 0.416 e. The van der Waals surface area contributed by atoms with Gasteiger partial charge in [-0.25, -0.2) is 4.98 Å². The highest BCUT2D eigenvalue weighted by Crippen LogP contribution is 2.36. The van der Waals surface area contributed by atoms with Crippen molar-refractivity contribution in [2.24, 2.45) is 5.73 Å². The number of aliphatic hydroxyl groups excluding tert-OH is 1. The van der Waals surface area contributed by atoms with Crippen LogP contribution in [0.3, 0.4) is 0 Å². The number of hydrogen-bond donors (Lipinski definition) is 4. The molecule has 176 valence electrons. The van der Waals surface area contributed by atoms with Crippen LogP contribution in [0.2, 0.25) is 0 Å². The number of rotatable bonds is 6. The SMILES string of the molecule is NC(CNc1nc(C#CCO)c(-c2ccc3c(c2)CC(=O)N3)s1)Cc1ccc(C(F)(F)F)cc1. The molecule has 1 aromatic heterocycles. The fraction of sp³-hybridized carbons (Fsp3) is 0.250. The monoisotopic (exact) mass is 486 g/mol. The summed E-state index contributed by atoms with van der Waals surface area (Å²) in [7, 11) is 0. The Morgan fingerprint density at radius 1 is 1.24 bits per heavy atom. The number of nitrogens with zero attached hydrogens (tertiary/aromatic N) is 1. The number of halogens is 3. The number of carbonyl (C=O) groups excluding carboxylic acids is 1. The number of aliphatic hydroxyl groups is 1. The van der Waals surface area contributed by atoms with Crippen LogP contribution in [0.25, 0.3) is 10.4 Å². The largest absolute Gasteiger partial charge is 0.416 e. The van der Waals surface area contributed by atoms with Crippen molar-refractivity contribution in [1.82, 2.24) is 4.98 Å². The Morgan fingerprint density at radius 2 is 2.00 bits per heavy atom. The molecule has 0 saturated carbocycles. The van der Waals surface area contributed by atoms with Gasteiger partial charge in [0.2, 0.25) is 5.91 Å². The Hall–Kier alpha value is -3.39. The van der Waals surface area contributed by atoms with Crippen molar-refractivity contribution in [3.05, 3.63) is 64.8 Å². The van der Waals surface area contributed by atoms with Crippen LogP contribution in [-0.4, -0.2) is 35.2 Å². The smallest absolute Gasteiger partial charge is 0.384 e. The second-order valence-electron chi connectivity index (χ2n) is 7.79. The van der Waals surface area contributed by atoms with E-state index in [1.807, 2.05) is 18.2 Å². The first-order chi connectivity index (χ1) is 16.2. The van der Waals surface area contributed by atoms with Crippen molar-refractivity contribution in [3.63, 3.8) is 0 Å². The van der Waals surface area contributed by atoms with Gasteiger partial charge in [-0.1, -0.05) is 35.5 Å². The molecule has 0 bridgehead atoms. The third-order valence-corrected chi connectivity index (χ3v) is 6.26. The standard InChI is InChI=1S/C24H21F3N4O2S/c25-24(26,27)17-6-3-14(4-7-17)10-18(28)13-29-23-31-20(2-1-9-32)22(34-23)15-5-8-19-16(11-15)12-21(33)30-19/h3-8,11,18,32H,9-10,12-13,28H2,(H,29,31)(H,30,33). The zero-order chi connectivity index (χ0) is 24.3. The lowest BCUT2D eigenvalue weighted by Gasteiger charge is -2.13. The van der Waals surface area contributed by atoms with E-state index in [1.54, 1.807) is 0 Å². The molecule has 0 radical (unpaired) electrons. The molecule has 2 heterocycles. The minimum atomic E-state index is -4.37. The molecule has 1 aliphatic rings. The van der Waals surface area contributed by atoms with Crippen LogP contribution in [0.4, 0.5) is 24.0 Å². The molecular formula is C24H21F3N4O2S. The van der Waals surface area contributed by atoms with E-state index in [0.29, 0.717) is 35.8 Å². The van der Waals surface area contributed by atoms with E-state index in [-0.39, 0.29) is 18.6 Å². The molecule has 1 amide bonds. The Bertz CT molecular complexity index is 1260. The molecule has 3 aromatic rings. The summed E-state index contributed by atoms with van der Waals surface area (Å²) in [6.45, 7) is 0.0454. The van der Waals surface area contributed by atoms with Gasteiger partial charge >= 0.3 is 6.18 Å². The fourth-order valence-corrected chi connectivity index (χ4v) is 4.52. The first kappa shape index (κ1) is 23.8. The van der Waals surface area contributed by atoms with Gasteiger partial charge in [0.1, 0.15) is 12.3 Å². The number of fused-ring (bicyclic) bond motifs is 1. The number of alkyl halides is 3. The summed E-state index contributed by atoms with van der Waals surface area (Å²) in [5.74, 6) is 5.41. The fourth-order valence-electron chi connectivity index (χ4n) is 3.59. The summed E-state index contributed by atoms with van der Waals surface area (Å²) in [4.78, 5) is 17.0. The number of anilines is 2. The van der Waals surface area contributed by atoms with Crippen molar-refractivity contribution >= 4 is 28.1 Å². The summed E-state index contributed by atoms with van der Waals surface area (Å²) in [6.07, 6.45) is -3.66. The lowest BCUT2D eigenvalue weighted by atomic mass is 10.0. The van der Waals surface area contributed by atoms with Gasteiger partial charge in [-0.3, -0.25) is 4.79 Å². The Kier molecular flexibility index (Phi) is 6.88. The van der Waals surface area contributed by atoms with Gasteiger partial charge in [-0.15, -0.1) is 0 Å². The molecule has 1 aliphatic heterocycles. The summed E-state index contributed by atoms with van der Waals surface area (Å²) in [5.41, 5.74) is 9.23. The number of amides is 1. The molecule has 1 unspecified atom stereocenters. The average molecular weight is 487 g/mol. The van der Waals surface area contributed by atoms with Crippen molar-refractivity contribution < 1.29 is 23.1 Å². The van der Waals surface area contributed by atoms with Crippen LogP contribution in [0.5, 0.6) is 0 Å². The quantitative estimate of drug-likeness (QED) is 0.399. The Balaban J connectivity index is 1.46. The summed E-state index contributed by atoms with van der Waals surface area (Å²) in [5, 5.41) is 15.6. The van der Waals surface area contributed by atoms with Crippen LogP contribution >= 0.6 is 11.3 Å². The number of thiazole rings is 1. The highest BCUT2D eigenvalue weighted by Gasteiger charge is 2.30. The Labute approximate surface area is 198 Å². The van der Waals surface area contributed by atoms with Crippen molar-refractivity contribution in [2.75, 3.05) is 23.8 Å². The normalized spacial score (nSPS) is 13.6. The lowest BCUT2D eigenvalue weighted by Crippen LogP contribution is -2.31. The van der Waals surface area contributed by atoms with Gasteiger partial charge in [0.15, 0.2) is 5.13 Å². The number of benzene rings is 2. The lowest BCUT2D eigenvalue weighted by molar-refractivity contribution is -0.137. The zero-order valence-corrected chi connectivity index (χ0v) is 18.7. The average Bonchev–Trinajstić information content (AvgIpc) is 3.37. The molecule has 10 heteroatoms. The first-order valence-corrected chi connectivity index (χ1v) is 11.2. The van der Waals surface area contributed by atoms with E-state index >= 15 is 0 Å². The van der Waals surface area contributed by atoms with Gasteiger partial charge in [0, 0.05) is 18.3 Å². The van der Waals surface area contributed by atoms with Gasteiger partial charge in [0.25, 0.3) is 0 Å².